The van der Waals surface area contributed by atoms with Crippen LogP contribution < -0.4 is 37.6 Å². The number of nitrogens with one attached hydrogen (secondary N) is 2. The van der Waals surface area contributed by atoms with Crippen LogP contribution in [-0.2, 0) is 0 Å². The van der Waals surface area contributed by atoms with Crippen molar-refractivity contribution in [1.29, 1.82) is 0 Å². The molecule has 0 aliphatic carbocycles. The van der Waals surface area contributed by atoms with Gasteiger partial charge in [-0.15, -0.1) is 0 Å². The summed E-state index contributed by atoms with van der Waals surface area (Å²) in [6.45, 7) is 2.67. The molecule has 2 aliphatic rings. The van der Waals surface area contributed by atoms with Crippen LogP contribution in [0.5, 0.6) is 0 Å². The Morgan fingerprint density at radius 2 is 1.35 bits per heavy atom. The zero-order chi connectivity index (χ0) is 25.8. The van der Waals surface area contributed by atoms with Crippen LogP contribution in [0.2, 0.25) is 0 Å². The van der Waals surface area contributed by atoms with Gasteiger partial charge >= 0.3 is 0 Å². The molecule has 37 heavy (non-hydrogen) atoms. The van der Waals surface area contributed by atoms with Gasteiger partial charge in [0.25, 0.3) is 5.91 Å². The summed E-state index contributed by atoms with van der Waals surface area (Å²) < 4.78 is 0. The number of aromatic nitrogens is 3. The molecule has 3 aromatic rings. The predicted octanol–water partition coefficient (Wildman–Crippen LogP) is 1.01. The Labute approximate surface area is 216 Å². The van der Waals surface area contributed by atoms with Crippen molar-refractivity contribution in [2.45, 2.75) is 37.0 Å². The van der Waals surface area contributed by atoms with Crippen LogP contribution in [-0.4, -0.2) is 71.2 Å². The Balaban J connectivity index is 1.22. The number of hydrogen-bond acceptors (Lipinski definition) is 10. The zero-order valence-corrected chi connectivity index (χ0v) is 20.7. The van der Waals surface area contributed by atoms with Crippen molar-refractivity contribution < 1.29 is 4.79 Å². The van der Waals surface area contributed by atoms with E-state index in [1.807, 2.05) is 59.5 Å². The third-order valence-electron chi connectivity index (χ3n) is 6.66. The molecule has 1 aromatic heterocycles. The summed E-state index contributed by atoms with van der Waals surface area (Å²) >= 11 is 0. The van der Waals surface area contributed by atoms with Crippen molar-refractivity contribution in [2.75, 3.05) is 46.6 Å². The molecule has 4 atom stereocenters. The quantitative estimate of drug-likeness (QED) is 0.328. The number of benzene rings is 2. The first-order valence-corrected chi connectivity index (χ1v) is 12.6. The van der Waals surface area contributed by atoms with Crippen molar-refractivity contribution in [2.24, 2.45) is 17.2 Å². The van der Waals surface area contributed by atoms with Crippen LogP contribution in [0.15, 0.2) is 60.9 Å². The maximum absolute atomic E-state index is 12.5. The lowest BCUT2D eigenvalue weighted by Crippen LogP contribution is -2.53. The lowest BCUT2D eigenvalue weighted by atomic mass is 10.0. The fraction of sp³-hybridized carbons (Fsp3) is 0.385. The van der Waals surface area contributed by atoms with Gasteiger partial charge in [0.15, 0.2) is 0 Å². The molecular formula is C26H34N10O. The molecule has 0 saturated carbocycles. The van der Waals surface area contributed by atoms with Gasteiger partial charge in [-0.05, 0) is 49.2 Å². The highest BCUT2D eigenvalue weighted by Crippen LogP contribution is 2.22. The molecule has 3 heterocycles. The molecule has 2 aromatic carbocycles. The molecule has 5 rings (SSSR count). The number of carbonyl (C=O) groups excluding carboxylic acids is 1. The van der Waals surface area contributed by atoms with Gasteiger partial charge in [0.2, 0.25) is 11.9 Å². The summed E-state index contributed by atoms with van der Waals surface area (Å²) in [6.07, 6.45) is 3.13. The van der Waals surface area contributed by atoms with Gasteiger partial charge < -0.3 is 37.6 Å². The average molecular weight is 503 g/mol. The van der Waals surface area contributed by atoms with Gasteiger partial charge in [-0.25, -0.2) is 9.97 Å². The van der Waals surface area contributed by atoms with Gasteiger partial charge in [0, 0.05) is 67.3 Å². The molecule has 2 saturated heterocycles. The van der Waals surface area contributed by atoms with Gasteiger partial charge in [0.05, 0.1) is 0 Å². The zero-order valence-electron chi connectivity index (χ0n) is 20.7. The molecule has 0 bridgehead atoms. The molecule has 11 nitrogen and oxygen atoms in total. The van der Waals surface area contributed by atoms with Crippen LogP contribution in [0, 0.1) is 0 Å². The van der Waals surface area contributed by atoms with E-state index in [2.05, 4.69) is 25.5 Å². The number of piperidine rings is 2. The standard InChI is InChI=1S/C26H34N10O/c27-18-10-19(28)13-35(12-18)25-30-16-31-26(34-25)36-14-20(29)11-23(15-36)32-22-8-6-17(7-9-22)24(37)33-21-4-2-1-3-5-21/h1-9,16,18-20,23,32H,10-15,27-29H2,(H,33,37)/t18-,19+,20-,23+/m1/s1. The fourth-order valence-corrected chi connectivity index (χ4v) is 5.01. The molecule has 2 fully saturated rings. The van der Waals surface area contributed by atoms with E-state index in [-0.39, 0.29) is 30.1 Å². The van der Waals surface area contributed by atoms with E-state index in [1.165, 1.54) is 6.33 Å². The van der Waals surface area contributed by atoms with Gasteiger partial charge in [-0.3, -0.25) is 4.79 Å². The molecule has 1 amide bonds. The Morgan fingerprint density at radius 3 is 2.00 bits per heavy atom. The molecule has 0 radical (unpaired) electrons. The van der Waals surface area contributed by atoms with Crippen molar-refractivity contribution in [3.05, 3.63) is 66.5 Å². The second-order valence-electron chi connectivity index (χ2n) is 9.89. The monoisotopic (exact) mass is 502 g/mol. The van der Waals surface area contributed by atoms with Crippen molar-refractivity contribution >= 4 is 29.2 Å². The number of nitrogens with two attached hydrogens (primary N) is 3. The number of anilines is 4. The van der Waals surface area contributed by atoms with E-state index in [0.717, 1.165) is 24.2 Å². The summed E-state index contributed by atoms with van der Waals surface area (Å²) in [5.41, 5.74) is 21.0. The summed E-state index contributed by atoms with van der Waals surface area (Å²) in [6, 6.07) is 16.9. The largest absolute Gasteiger partial charge is 0.380 e. The van der Waals surface area contributed by atoms with E-state index >= 15 is 0 Å². The normalized spacial score (nSPS) is 24.0. The first kappa shape index (κ1) is 24.9. The minimum atomic E-state index is -0.148. The molecule has 8 N–H and O–H groups in total. The summed E-state index contributed by atoms with van der Waals surface area (Å²) in [7, 11) is 0. The van der Waals surface area contributed by atoms with E-state index < -0.39 is 0 Å². The molecular weight excluding hydrogens is 468 g/mol. The summed E-state index contributed by atoms with van der Waals surface area (Å²) in [5.74, 6) is 1.03. The minimum absolute atomic E-state index is 0.00300. The number of para-hydroxylation sites is 1. The smallest absolute Gasteiger partial charge is 0.255 e. The number of amides is 1. The van der Waals surface area contributed by atoms with E-state index in [0.29, 0.717) is 43.6 Å². The van der Waals surface area contributed by atoms with E-state index in [1.54, 1.807) is 0 Å². The first-order chi connectivity index (χ1) is 17.9. The summed E-state index contributed by atoms with van der Waals surface area (Å²) in [4.78, 5) is 30.2. The van der Waals surface area contributed by atoms with Gasteiger partial charge in [-0.1, -0.05) is 18.2 Å². The van der Waals surface area contributed by atoms with Crippen LogP contribution in [0.3, 0.4) is 0 Å². The number of carbonyl (C=O) groups is 1. The maximum Gasteiger partial charge on any atom is 0.255 e. The highest BCUT2D eigenvalue weighted by Gasteiger charge is 2.29. The van der Waals surface area contributed by atoms with Crippen molar-refractivity contribution in [3.63, 3.8) is 0 Å². The lowest BCUT2D eigenvalue weighted by Gasteiger charge is -2.38. The van der Waals surface area contributed by atoms with Crippen molar-refractivity contribution in [3.8, 4) is 0 Å². The van der Waals surface area contributed by atoms with Crippen LogP contribution in [0.1, 0.15) is 23.2 Å². The Kier molecular flexibility index (Phi) is 7.45. The van der Waals surface area contributed by atoms with Crippen LogP contribution in [0.4, 0.5) is 23.3 Å². The van der Waals surface area contributed by atoms with Crippen LogP contribution >= 0.6 is 0 Å². The van der Waals surface area contributed by atoms with Gasteiger partial charge in [-0.2, -0.15) is 4.98 Å². The second-order valence-corrected chi connectivity index (χ2v) is 9.89. The van der Waals surface area contributed by atoms with Crippen molar-refractivity contribution in [1.82, 2.24) is 15.0 Å². The van der Waals surface area contributed by atoms with Gasteiger partial charge in [0.1, 0.15) is 6.33 Å². The Hall–Kier alpha value is -3.80. The molecule has 11 heteroatoms. The number of rotatable bonds is 6. The van der Waals surface area contributed by atoms with E-state index in [4.69, 9.17) is 22.2 Å². The highest BCUT2D eigenvalue weighted by atomic mass is 16.1. The Morgan fingerprint density at radius 1 is 0.757 bits per heavy atom. The number of nitrogens with zero attached hydrogens (tertiary/aromatic N) is 5. The maximum atomic E-state index is 12.5. The lowest BCUT2D eigenvalue weighted by molar-refractivity contribution is 0.102. The molecule has 194 valence electrons. The first-order valence-electron chi connectivity index (χ1n) is 12.6. The third-order valence-corrected chi connectivity index (χ3v) is 6.66. The molecule has 0 spiro atoms. The predicted molar refractivity (Wildman–Crippen MR) is 146 cm³/mol. The van der Waals surface area contributed by atoms with E-state index in [9.17, 15) is 4.79 Å². The molecule has 0 unspecified atom stereocenters. The Bertz CT molecular complexity index is 1180. The highest BCUT2D eigenvalue weighted by molar-refractivity contribution is 6.04. The topological polar surface area (TPSA) is 164 Å². The SMILES string of the molecule is N[C@@H]1C[C@H](N)CN(c2ncnc(N3C[C@H](N)C[C@H](Nc4ccc(C(=O)Nc5ccccc5)cc4)C3)n2)C1. The average Bonchev–Trinajstić information content (AvgIpc) is 2.89. The minimum Gasteiger partial charge on any atom is -0.380 e. The van der Waals surface area contributed by atoms with Crippen LogP contribution in [0.25, 0.3) is 0 Å². The fourth-order valence-electron chi connectivity index (χ4n) is 5.01. The number of hydrogen-bond donors (Lipinski definition) is 5. The second kappa shape index (κ2) is 11.1. The third kappa shape index (κ3) is 6.31. The molecule has 2 aliphatic heterocycles. The summed E-state index contributed by atoms with van der Waals surface area (Å²) in [5, 5.41) is 6.45.